The summed E-state index contributed by atoms with van der Waals surface area (Å²) in [7, 11) is 3.79. The quantitative estimate of drug-likeness (QED) is 0.487. The van der Waals surface area contributed by atoms with Gasteiger partial charge in [0.25, 0.3) is 0 Å². The van der Waals surface area contributed by atoms with Gasteiger partial charge in [0.15, 0.2) is 0 Å². The van der Waals surface area contributed by atoms with Crippen LogP contribution in [0.25, 0.3) is 0 Å². The number of aliphatic hydroxyl groups is 3. The number of fused-ring (bicyclic) bond motifs is 1. The van der Waals surface area contributed by atoms with E-state index in [-0.39, 0.29) is 6.04 Å². The highest BCUT2D eigenvalue weighted by Gasteiger charge is 2.50. The molecule has 3 saturated carbocycles. The van der Waals surface area contributed by atoms with E-state index in [1.807, 2.05) is 32.8 Å². The Morgan fingerprint density at radius 3 is 2.55 bits per heavy atom. The smallest absolute Gasteiger partial charge is 0.0967 e. The van der Waals surface area contributed by atoms with Crippen molar-refractivity contribution in [3.05, 3.63) is 35.5 Å². The monoisotopic (exact) mass is 459 g/mol. The molecule has 0 bridgehead atoms. The zero-order valence-corrected chi connectivity index (χ0v) is 22.0. The highest BCUT2D eigenvalue weighted by molar-refractivity contribution is 5.40. The van der Waals surface area contributed by atoms with Crippen LogP contribution in [0, 0.1) is 23.2 Å². The Hall–Kier alpha value is -0.940. The van der Waals surface area contributed by atoms with Gasteiger partial charge in [-0.2, -0.15) is 0 Å². The molecule has 0 heterocycles. The van der Waals surface area contributed by atoms with Crippen molar-refractivity contribution in [3.63, 3.8) is 0 Å². The summed E-state index contributed by atoms with van der Waals surface area (Å²) >= 11 is 0. The van der Waals surface area contributed by atoms with Crippen LogP contribution in [0.2, 0.25) is 0 Å². The van der Waals surface area contributed by atoms with Crippen molar-refractivity contribution in [3.8, 4) is 0 Å². The predicted octanol–water partition coefficient (Wildman–Crippen LogP) is 5.24. The van der Waals surface area contributed by atoms with Gasteiger partial charge >= 0.3 is 0 Å². The average molecular weight is 460 g/mol. The molecule has 188 valence electrons. The molecule has 0 aromatic rings. The van der Waals surface area contributed by atoms with Crippen molar-refractivity contribution in [1.82, 2.24) is 4.90 Å². The van der Waals surface area contributed by atoms with E-state index in [4.69, 9.17) is 0 Å². The van der Waals surface area contributed by atoms with Crippen LogP contribution in [0.3, 0.4) is 0 Å². The lowest BCUT2D eigenvalue weighted by Crippen LogP contribution is -2.51. The Bertz CT molecular complexity index is 761. The summed E-state index contributed by atoms with van der Waals surface area (Å²) < 4.78 is 0. The third-order valence-corrected chi connectivity index (χ3v) is 9.18. The Balaban J connectivity index is 1.72. The van der Waals surface area contributed by atoms with Gasteiger partial charge in [-0.05, 0) is 101 Å². The Kier molecular flexibility index (Phi) is 8.37. The third kappa shape index (κ3) is 5.83. The third-order valence-electron chi connectivity index (χ3n) is 9.18. The lowest BCUT2D eigenvalue weighted by atomic mass is 9.60. The van der Waals surface area contributed by atoms with Gasteiger partial charge in [-0.3, -0.25) is 0 Å². The Morgan fingerprint density at radius 2 is 1.91 bits per heavy atom. The second-order valence-corrected chi connectivity index (χ2v) is 12.4. The SMILES string of the molecule is C=C1/C(=C\C=C2/CCC[C@]3(C)[C@@H]([C@H](C)CCCC(C)(C)O)CC[C@@H]23)C[C@@H](O)[C@@H](N(C)C)[C@@H]1O. The van der Waals surface area contributed by atoms with Crippen molar-refractivity contribution in [2.45, 2.75) is 109 Å². The average Bonchev–Trinajstić information content (AvgIpc) is 3.06. The molecule has 0 unspecified atom stereocenters. The highest BCUT2D eigenvalue weighted by Crippen LogP contribution is 2.60. The normalized spacial score (nSPS) is 38.8. The first kappa shape index (κ1) is 26.7. The fraction of sp³-hybridized carbons (Fsp3) is 0.793. The van der Waals surface area contributed by atoms with Gasteiger partial charge in [0.1, 0.15) is 0 Å². The lowest BCUT2D eigenvalue weighted by molar-refractivity contribution is -0.00308. The summed E-state index contributed by atoms with van der Waals surface area (Å²) in [6.45, 7) is 12.9. The summed E-state index contributed by atoms with van der Waals surface area (Å²) in [5, 5.41) is 31.4. The number of rotatable bonds is 7. The van der Waals surface area contributed by atoms with E-state index in [0.717, 1.165) is 36.3 Å². The van der Waals surface area contributed by atoms with Crippen molar-refractivity contribution < 1.29 is 15.3 Å². The number of likely N-dealkylation sites (N-methyl/N-ethyl adjacent to an activating group) is 1. The fourth-order valence-electron chi connectivity index (χ4n) is 7.37. The maximum atomic E-state index is 10.7. The zero-order valence-electron chi connectivity index (χ0n) is 22.0. The number of hydrogen-bond donors (Lipinski definition) is 3. The first-order chi connectivity index (χ1) is 15.3. The number of hydrogen-bond acceptors (Lipinski definition) is 4. The van der Waals surface area contributed by atoms with Crippen LogP contribution < -0.4 is 0 Å². The first-order valence-electron chi connectivity index (χ1n) is 13.2. The number of allylic oxidation sites excluding steroid dienone is 3. The molecule has 3 aliphatic carbocycles. The molecule has 0 radical (unpaired) electrons. The maximum absolute atomic E-state index is 10.7. The van der Waals surface area contributed by atoms with Crippen molar-refractivity contribution >= 4 is 0 Å². The molecule has 7 atom stereocenters. The van der Waals surface area contributed by atoms with Crippen LogP contribution in [0.4, 0.5) is 0 Å². The highest BCUT2D eigenvalue weighted by atomic mass is 16.3. The summed E-state index contributed by atoms with van der Waals surface area (Å²) in [5.74, 6) is 2.06. The van der Waals surface area contributed by atoms with Gasteiger partial charge < -0.3 is 20.2 Å². The molecule has 3 N–H and O–H groups in total. The van der Waals surface area contributed by atoms with Crippen molar-refractivity contribution in [1.29, 1.82) is 0 Å². The summed E-state index contributed by atoms with van der Waals surface area (Å²) in [5.41, 5.74) is 3.08. The lowest BCUT2D eigenvalue weighted by Gasteiger charge is -2.44. The second kappa shape index (κ2) is 10.4. The van der Waals surface area contributed by atoms with Gasteiger partial charge in [0.05, 0.1) is 23.9 Å². The molecule has 0 aromatic heterocycles. The van der Waals surface area contributed by atoms with Crippen molar-refractivity contribution in [2.75, 3.05) is 14.1 Å². The van der Waals surface area contributed by atoms with Crippen molar-refractivity contribution in [2.24, 2.45) is 23.2 Å². The molecule has 0 amide bonds. The molecule has 3 aliphatic rings. The molecule has 3 rings (SSSR count). The molecule has 33 heavy (non-hydrogen) atoms. The second-order valence-electron chi connectivity index (χ2n) is 12.4. The van der Waals surface area contributed by atoms with Crippen LogP contribution in [0.5, 0.6) is 0 Å². The number of aliphatic hydroxyl groups excluding tert-OH is 2. The predicted molar refractivity (Wildman–Crippen MR) is 137 cm³/mol. The minimum atomic E-state index is -0.731. The molecule has 0 aliphatic heterocycles. The summed E-state index contributed by atoms with van der Waals surface area (Å²) in [4.78, 5) is 1.89. The van der Waals surface area contributed by atoms with E-state index in [1.165, 1.54) is 32.1 Å². The van der Waals surface area contributed by atoms with E-state index < -0.39 is 17.8 Å². The minimum absolute atomic E-state index is 0.297. The Morgan fingerprint density at radius 1 is 1.21 bits per heavy atom. The molecule has 0 spiro atoms. The van der Waals surface area contributed by atoms with Gasteiger partial charge in [-0.15, -0.1) is 0 Å². The van der Waals surface area contributed by atoms with E-state index in [0.29, 0.717) is 23.7 Å². The molecule has 4 heteroatoms. The molecular weight excluding hydrogens is 410 g/mol. The molecule has 0 saturated heterocycles. The molecular formula is C29H49NO3. The van der Waals surface area contributed by atoms with E-state index in [9.17, 15) is 15.3 Å². The molecule has 0 aromatic carbocycles. The van der Waals surface area contributed by atoms with Gasteiger partial charge in [0, 0.05) is 6.42 Å². The summed E-state index contributed by atoms with van der Waals surface area (Å²) in [6.07, 6.45) is 13.1. The largest absolute Gasteiger partial charge is 0.391 e. The Labute approximate surface area is 202 Å². The fourth-order valence-corrected chi connectivity index (χ4v) is 7.37. The van der Waals surface area contributed by atoms with Gasteiger partial charge in [0.2, 0.25) is 0 Å². The molecule has 3 fully saturated rings. The van der Waals surface area contributed by atoms with Crippen LogP contribution in [-0.4, -0.2) is 58.2 Å². The van der Waals surface area contributed by atoms with E-state index in [2.05, 4.69) is 32.6 Å². The molecule has 4 nitrogen and oxygen atoms in total. The van der Waals surface area contributed by atoms with Crippen LogP contribution >= 0.6 is 0 Å². The standard InChI is InChI=1S/C29H49NO3/c1-19(10-8-16-28(3,4)33)23-14-15-24-21(11-9-17-29(23,24)5)12-13-22-18-25(31)26(30(6)7)27(32)20(22)2/h12-13,19,23-27,31-33H,2,8-11,14-18H2,1,3-7H3/b21-12+,22-13-/t19-,23-,24+,25-,26-,27-,29-/m1/s1. The topological polar surface area (TPSA) is 63.9 Å². The summed E-state index contributed by atoms with van der Waals surface area (Å²) in [6, 6.07) is -0.297. The van der Waals surface area contributed by atoms with Crippen LogP contribution in [0.1, 0.15) is 85.5 Å². The minimum Gasteiger partial charge on any atom is -0.391 e. The maximum Gasteiger partial charge on any atom is 0.0967 e. The number of nitrogens with zero attached hydrogens (tertiary/aromatic N) is 1. The zero-order chi connectivity index (χ0) is 24.6. The van der Waals surface area contributed by atoms with Gasteiger partial charge in [-0.25, -0.2) is 0 Å². The van der Waals surface area contributed by atoms with Crippen LogP contribution in [-0.2, 0) is 0 Å². The first-order valence-corrected chi connectivity index (χ1v) is 13.2. The van der Waals surface area contributed by atoms with E-state index >= 15 is 0 Å². The van der Waals surface area contributed by atoms with E-state index in [1.54, 1.807) is 5.57 Å². The van der Waals surface area contributed by atoms with Crippen LogP contribution in [0.15, 0.2) is 35.5 Å². The van der Waals surface area contributed by atoms with Gasteiger partial charge in [-0.1, -0.05) is 51.0 Å².